The number of benzene rings is 1. The molecule has 3 N–H and O–H groups in total. The van der Waals surface area contributed by atoms with Gasteiger partial charge in [0.2, 0.25) is 15.9 Å². The molecule has 0 saturated heterocycles. The van der Waals surface area contributed by atoms with Crippen molar-refractivity contribution >= 4 is 21.6 Å². The van der Waals surface area contributed by atoms with Crippen molar-refractivity contribution in [1.29, 1.82) is 0 Å². The van der Waals surface area contributed by atoms with Gasteiger partial charge >= 0.3 is 0 Å². The number of rotatable bonds is 6. The maximum Gasteiger partial charge on any atom is 0.239 e. The first-order chi connectivity index (χ1) is 12.3. The third kappa shape index (κ3) is 4.45. The average Bonchev–Trinajstić information content (AvgIpc) is 2.90. The van der Waals surface area contributed by atoms with Crippen LogP contribution in [0.2, 0.25) is 0 Å². The summed E-state index contributed by atoms with van der Waals surface area (Å²) >= 11 is 0. The lowest BCUT2D eigenvalue weighted by Gasteiger charge is -2.24. The molecule has 142 valence electrons. The number of nitrogens with one attached hydrogen (secondary N) is 1. The molecule has 3 rings (SSSR count). The molecule has 7 heteroatoms. The highest BCUT2D eigenvalue weighted by Gasteiger charge is 2.28. The van der Waals surface area contributed by atoms with Crippen LogP contribution in [-0.4, -0.2) is 33.5 Å². The van der Waals surface area contributed by atoms with Gasteiger partial charge in [-0.15, -0.1) is 0 Å². The number of sulfonamides is 1. The van der Waals surface area contributed by atoms with E-state index in [0.29, 0.717) is 13.0 Å². The molecule has 1 aliphatic heterocycles. The molecule has 6 nitrogen and oxygen atoms in total. The molecule has 1 unspecified atom stereocenters. The minimum absolute atomic E-state index is 0.00312. The van der Waals surface area contributed by atoms with E-state index in [-0.39, 0.29) is 23.4 Å². The van der Waals surface area contributed by atoms with E-state index in [2.05, 4.69) is 11.4 Å². The molecule has 0 radical (unpaired) electrons. The topological polar surface area (TPSA) is 92.5 Å². The number of primary sulfonamides is 1. The van der Waals surface area contributed by atoms with Crippen LogP contribution in [0.15, 0.2) is 34.7 Å². The Labute approximate surface area is 155 Å². The SMILES string of the molecule is CC1Cc2cc(S(N)(=O)=O)ccc2N1CC(=O)NCCC1=CCCCC1. The van der Waals surface area contributed by atoms with Gasteiger partial charge in [-0.1, -0.05) is 11.6 Å². The Hall–Kier alpha value is -1.86. The van der Waals surface area contributed by atoms with Crippen LogP contribution in [0.4, 0.5) is 5.69 Å². The molecular formula is C19H27N3O3S. The monoisotopic (exact) mass is 377 g/mol. The molecular weight excluding hydrogens is 350 g/mol. The summed E-state index contributed by atoms with van der Waals surface area (Å²) in [6.45, 7) is 2.99. The molecule has 1 aromatic carbocycles. The van der Waals surface area contributed by atoms with Crippen LogP contribution in [0.3, 0.4) is 0 Å². The Bertz CT molecular complexity index is 817. The molecule has 2 aliphatic rings. The van der Waals surface area contributed by atoms with Crippen LogP contribution in [-0.2, 0) is 21.2 Å². The Morgan fingerprint density at radius 2 is 2.15 bits per heavy atom. The summed E-state index contributed by atoms with van der Waals surface area (Å²) in [5.41, 5.74) is 3.28. The van der Waals surface area contributed by atoms with Crippen molar-refractivity contribution < 1.29 is 13.2 Å². The van der Waals surface area contributed by atoms with Crippen LogP contribution in [0.5, 0.6) is 0 Å². The zero-order chi connectivity index (χ0) is 18.7. The van der Waals surface area contributed by atoms with Crippen molar-refractivity contribution in [2.45, 2.75) is 56.4 Å². The molecule has 26 heavy (non-hydrogen) atoms. The molecule has 0 fully saturated rings. The van der Waals surface area contributed by atoms with Crippen molar-refractivity contribution in [3.63, 3.8) is 0 Å². The highest BCUT2D eigenvalue weighted by Crippen LogP contribution is 2.33. The summed E-state index contributed by atoms with van der Waals surface area (Å²) in [6, 6.07) is 5.02. The van der Waals surface area contributed by atoms with Gasteiger partial charge in [-0.05, 0) is 69.2 Å². The van der Waals surface area contributed by atoms with E-state index in [0.717, 1.165) is 30.5 Å². The van der Waals surface area contributed by atoms with Crippen molar-refractivity contribution in [1.82, 2.24) is 5.32 Å². The summed E-state index contributed by atoms with van der Waals surface area (Å²) in [5, 5.41) is 8.21. The quantitative estimate of drug-likeness (QED) is 0.743. The lowest BCUT2D eigenvalue weighted by molar-refractivity contribution is -0.119. The Morgan fingerprint density at radius 1 is 1.35 bits per heavy atom. The van der Waals surface area contributed by atoms with Gasteiger partial charge < -0.3 is 10.2 Å². The second kappa shape index (κ2) is 7.80. The fourth-order valence-electron chi connectivity index (χ4n) is 3.79. The highest BCUT2D eigenvalue weighted by molar-refractivity contribution is 7.89. The third-order valence-electron chi connectivity index (χ3n) is 5.20. The van der Waals surface area contributed by atoms with Gasteiger partial charge in [0.1, 0.15) is 0 Å². The number of amides is 1. The minimum atomic E-state index is -3.71. The van der Waals surface area contributed by atoms with E-state index in [1.165, 1.54) is 24.5 Å². The average molecular weight is 378 g/mol. The fourth-order valence-corrected chi connectivity index (χ4v) is 4.36. The van der Waals surface area contributed by atoms with E-state index >= 15 is 0 Å². The molecule has 1 atom stereocenters. The Kier molecular flexibility index (Phi) is 5.67. The summed E-state index contributed by atoms with van der Waals surface area (Å²) in [5.74, 6) is -0.00312. The zero-order valence-electron chi connectivity index (χ0n) is 15.2. The van der Waals surface area contributed by atoms with E-state index in [9.17, 15) is 13.2 Å². The van der Waals surface area contributed by atoms with Gasteiger partial charge in [0, 0.05) is 18.3 Å². The standard InChI is InChI=1S/C19H27N3O3S/c1-14-11-16-12-17(26(20,24)25)7-8-18(16)22(14)13-19(23)21-10-9-15-5-3-2-4-6-15/h5,7-8,12,14H,2-4,6,9-11,13H2,1H3,(H,21,23)(H2,20,24,25). The maximum absolute atomic E-state index is 12.3. The molecule has 1 aliphatic carbocycles. The lowest BCUT2D eigenvalue weighted by atomic mass is 9.97. The van der Waals surface area contributed by atoms with Crippen molar-refractivity contribution in [3.8, 4) is 0 Å². The highest BCUT2D eigenvalue weighted by atomic mass is 32.2. The summed E-state index contributed by atoms with van der Waals surface area (Å²) in [4.78, 5) is 14.5. The predicted octanol–water partition coefficient (Wildman–Crippen LogP) is 2.09. The Balaban J connectivity index is 1.58. The number of hydrogen-bond donors (Lipinski definition) is 2. The Morgan fingerprint density at radius 3 is 2.85 bits per heavy atom. The maximum atomic E-state index is 12.3. The zero-order valence-corrected chi connectivity index (χ0v) is 16.0. The van der Waals surface area contributed by atoms with E-state index in [1.807, 2.05) is 11.8 Å². The van der Waals surface area contributed by atoms with Gasteiger partial charge in [0.05, 0.1) is 11.4 Å². The number of hydrogen-bond acceptors (Lipinski definition) is 4. The molecule has 1 aromatic rings. The van der Waals surface area contributed by atoms with Crippen LogP contribution in [0.25, 0.3) is 0 Å². The first-order valence-electron chi connectivity index (χ1n) is 9.21. The number of anilines is 1. The minimum Gasteiger partial charge on any atom is -0.359 e. The summed E-state index contributed by atoms with van der Waals surface area (Å²) in [7, 11) is -3.71. The molecule has 0 aromatic heterocycles. The van der Waals surface area contributed by atoms with Crippen molar-refractivity contribution in [2.24, 2.45) is 5.14 Å². The van der Waals surface area contributed by atoms with Crippen LogP contribution in [0, 0.1) is 0 Å². The van der Waals surface area contributed by atoms with Gasteiger partial charge in [-0.2, -0.15) is 0 Å². The number of nitrogens with two attached hydrogens (primary N) is 1. The van der Waals surface area contributed by atoms with E-state index < -0.39 is 10.0 Å². The van der Waals surface area contributed by atoms with Gasteiger partial charge in [0.15, 0.2) is 0 Å². The van der Waals surface area contributed by atoms with Crippen LogP contribution < -0.4 is 15.4 Å². The number of allylic oxidation sites excluding steroid dienone is 1. The van der Waals surface area contributed by atoms with Crippen molar-refractivity contribution in [2.75, 3.05) is 18.0 Å². The lowest BCUT2D eigenvalue weighted by Crippen LogP contribution is -2.40. The predicted molar refractivity (Wildman–Crippen MR) is 103 cm³/mol. The number of nitrogens with zero attached hydrogens (tertiary/aromatic N) is 1. The molecule has 1 heterocycles. The van der Waals surface area contributed by atoms with Gasteiger partial charge in [-0.25, -0.2) is 13.6 Å². The van der Waals surface area contributed by atoms with E-state index in [4.69, 9.17) is 5.14 Å². The molecule has 0 saturated carbocycles. The number of carbonyl (C=O) groups is 1. The summed E-state index contributed by atoms with van der Waals surface area (Å²) in [6.07, 6.45) is 8.77. The molecule has 0 spiro atoms. The first kappa shape index (κ1) is 18.9. The normalized spacial score (nSPS) is 19.8. The first-order valence-corrected chi connectivity index (χ1v) is 10.8. The van der Waals surface area contributed by atoms with Gasteiger partial charge in [-0.3, -0.25) is 4.79 Å². The van der Waals surface area contributed by atoms with Crippen LogP contribution in [0.1, 0.15) is 44.6 Å². The largest absolute Gasteiger partial charge is 0.359 e. The van der Waals surface area contributed by atoms with Crippen LogP contribution >= 0.6 is 0 Å². The van der Waals surface area contributed by atoms with Gasteiger partial charge in [0.25, 0.3) is 0 Å². The molecule has 1 amide bonds. The smallest absolute Gasteiger partial charge is 0.239 e. The second-order valence-corrected chi connectivity index (χ2v) is 8.79. The van der Waals surface area contributed by atoms with Crippen molar-refractivity contribution in [3.05, 3.63) is 35.4 Å². The summed E-state index contributed by atoms with van der Waals surface area (Å²) < 4.78 is 23.0. The third-order valence-corrected chi connectivity index (χ3v) is 6.11. The van der Waals surface area contributed by atoms with E-state index in [1.54, 1.807) is 12.1 Å². The second-order valence-electron chi connectivity index (χ2n) is 7.22. The number of fused-ring (bicyclic) bond motifs is 1. The molecule has 0 bridgehead atoms. The number of carbonyl (C=O) groups excluding carboxylic acids is 1. The fraction of sp³-hybridized carbons (Fsp3) is 0.526.